The monoisotopic (exact) mass is 859 g/mol. The van der Waals surface area contributed by atoms with Gasteiger partial charge in [-0.3, -0.25) is 20.0 Å². The van der Waals surface area contributed by atoms with E-state index in [4.69, 9.17) is 39.9 Å². The summed E-state index contributed by atoms with van der Waals surface area (Å²) in [5, 5.41) is 23.9. The summed E-state index contributed by atoms with van der Waals surface area (Å²) >= 11 is 0. The lowest BCUT2D eigenvalue weighted by atomic mass is 9.85. The van der Waals surface area contributed by atoms with Crippen molar-refractivity contribution in [1.82, 2.24) is 15.2 Å². The van der Waals surface area contributed by atoms with Crippen LogP contribution in [0, 0.1) is 5.41 Å². The molecule has 1 saturated heterocycles. The van der Waals surface area contributed by atoms with Gasteiger partial charge in [0.05, 0.1) is 44.6 Å². The van der Waals surface area contributed by atoms with Crippen LogP contribution in [0.15, 0.2) is 78.0 Å². The molecule has 0 unspecified atom stereocenters. The van der Waals surface area contributed by atoms with Gasteiger partial charge in [0.15, 0.2) is 5.84 Å². The van der Waals surface area contributed by atoms with Crippen molar-refractivity contribution in [2.24, 2.45) is 10.7 Å². The number of hydrogen-bond donors (Lipinski definition) is 5. The molecule has 3 aromatic rings. The molecule has 4 rings (SSSR count). The number of carbonyl (C=O) groups is 3. The smallest absolute Gasteiger partial charge is 0.410 e. The highest BCUT2D eigenvalue weighted by Gasteiger charge is 2.41. The third-order valence-corrected chi connectivity index (χ3v) is 10.0. The molecule has 1 aromatic heterocycles. The molecule has 1 aliphatic rings. The molecule has 1 fully saturated rings. The van der Waals surface area contributed by atoms with Crippen LogP contribution in [-0.2, 0) is 23.7 Å². The second-order valence-electron chi connectivity index (χ2n) is 16.2. The van der Waals surface area contributed by atoms with E-state index in [0.717, 1.165) is 37.0 Å². The maximum absolute atomic E-state index is 13.6. The third kappa shape index (κ3) is 17.4. The summed E-state index contributed by atoms with van der Waals surface area (Å²) in [6, 6.07) is 18.0. The van der Waals surface area contributed by atoms with Crippen LogP contribution in [0.3, 0.4) is 0 Å². The highest BCUT2D eigenvalue weighted by molar-refractivity contribution is 6.07. The van der Waals surface area contributed by atoms with Gasteiger partial charge in [-0.15, -0.1) is 0 Å². The average molecular weight is 860 g/mol. The first-order valence-corrected chi connectivity index (χ1v) is 21.4. The van der Waals surface area contributed by atoms with E-state index in [-0.39, 0.29) is 30.0 Å². The zero-order chi connectivity index (χ0) is 44.8. The molecule has 338 valence electrons. The van der Waals surface area contributed by atoms with E-state index in [9.17, 15) is 14.4 Å². The van der Waals surface area contributed by atoms with E-state index in [0.29, 0.717) is 95.4 Å². The first-order valence-electron chi connectivity index (χ1n) is 21.4. The molecule has 0 radical (unpaired) electrons. The van der Waals surface area contributed by atoms with Crippen LogP contribution in [0.1, 0.15) is 107 Å². The topological polar surface area (TPSA) is 220 Å². The Hall–Kier alpha value is -5.58. The zero-order valence-electron chi connectivity index (χ0n) is 36.7. The number of pyridine rings is 1. The van der Waals surface area contributed by atoms with Crippen LogP contribution < -0.4 is 21.1 Å². The number of benzene rings is 2. The second kappa shape index (κ2) is 25.4. The van der Waals surface area contributed by atoms with Crippen molar-refractivity contribution in [2.45, 2.75) is 96.2 Å². The Morgan fingerprint density at radius 2 is 1.48 bits per heavy atom. The van der Waals surface area contributed by atoms with E-state index in [1.807, 2.05) is 58.0 Å². The first kappa shape index (κ1) is 49.1. The van der Waals surface area contributed by atoms with Gasteiger partial charge in [-0.05, 0) is 114 Å². The number of carbonyl (C=O) groups excluding carboxylic acids is 2. The molecule has 0 spiro atoms. The maximum Gasteiger partial charge on any atom is 0.410 e. The van der Waals surface area contributed by atoms with Gasteiger partial charge in [-0.25, -0.2) is 9.79 Å². The second-order valence-corrected chi connectivity index (χ2v) is 16.2. The number of carboxylic acid groups (broad SMARTS) is 1. The summed E-state index contributed by atoms with van der Waals surface area (Å²) in [6.07, 6.45) is 8.07. The lowest BCUT2D eigenvalue weighted by Gasteiger charge is -2.42. The van der Waals surface area contributed by atoms with Crippen molar-refractivity contribution in [3.05, 3.63) is 89.7 Å². The Bertz CT molecular complexity index is 1900. The molecule has 6 N–H and O–H groups in total. The van der Waals surface area contributed by atoms with Crippen LogP contribution in [-0.4, -0.2) is 115 Å². The molecule has 0 saturated carbocycles. The molecule has 62 heavy (non-hydrogen) atoms. The van der Waals surface area contributed by atoms with Crippen molar-refractivity contribution in [1.29, 1.82) is 5.41 Å². The van der Waals surface area contributed by atoms with E-state index in [1.165, 1.54) is 0 Å². The van der Waals surface area contributed by atoms with Crippen molar-refractivity contribution >= 4 is 35.3 Å². The highest BCUT2D eigenvalue weighted by atomic mass is 16.6. The fraction of sp³-hybridized carbons (Fsp3) is 0.522. The number of unbranched alkanes of at least 4 members (excludes halogenated alkanes) is 3. The van der Waals surface area contributed by atoms with Crippen molar-refractivity contribution in [3.63, 3.8) is 0 Å². The summed E-state index contributed by atoms with van der Waals surface area (Å²) in [7, 11) is 0. The highest BCUT2D eigenvalue weighted by Crippen LogP contribution is 2.30. The predicted octanol–water partition coefficient (Wildman–Crippen LogP) is 6.99. The van der Waals surface area contributed by atoms with Gasteiger partial charge in [0.25, 0.3) is 5.91 Å². The summed E-state index contributed by atoms with van der Waals surface area (Å²) in [4.78, 5) is 47.2. The van der Waals surface area contributed by atoms with Crippen molar-refractivity contribution in [2.75, 3.05) is 64.7 Å². The Morgan fingerprint density at radius 3 is 2.15 bits per heavy atom. The number of aliphatic carboxylic acids is 1. The van der Waals surface area contributed by atoms with Gasteiger partial charge < -0.3 is 50.1 Å². The number of rotatable bonds is 25. The number of amides is 2. The molecular formula is C46H65N7O9. The molecule has 16 heteroatoms. The standard InChI is InChI=1S/C46H65N7O9/c1-34(36-12-10-15-39(33-36)61-27-8-6-5-7-25-58-28-30-60-31-29-59-26-11-16-40(54)55)50-42(56)37-13-9-14-38(32-37)52-46(43(48)51-41(47)35-17-21-49-22-18-35)19-23-53(24-20-46)44(57)62-45(2,3)4/h9-10,12-15,17-18,21-22,32-34,52H,5-8,11,16,19-20,23-31H2,1-4H3,(H,50,56)(H,54,55)(H3,47,48,51)/t34-/m1/s1. The van der Waals surface area contributed by atoms with Gasteiger partial charge in [-0.1, -0.05) is 24.6 Å². The van der Waals surface area contributed by atoms with E-state index < -0.39 is 23.2 Å². The lowest BCUT2D eigenvalue weighted by molar-refractivity contribution is -0.137. The van der Waals surface area contributed by atoms with Crippen molar-refractivity contribution < 1.29 is 43.2 Å². The fourth-order valence-electron chi connectivity index (χ4n) is 6.61. The van der Waals surface area contributed by atoms with Crippen LogP contribution in [0.5, 0.6) is 5.75 Å². The average Bonchev–Trinajstić information content (AvgIpc) is 3.24. The molecule has 2 amide bonds. The number of amidine groups is 2. The predicted molar refractivity (Wildman–Crippen MR) is 238 cm³/mol. The summed E-state index contributed by atoms with van der Waals surface area (Å²) in [5.41, 5.74) is 7.73. The molecule has 2 aromatic carbocycles. The molecule has 2 heterocycles. The normalized spacial score (nSPS) is 14.5. The number of nitrogens with one attached hydrogen (secondary N) is 3. The van der Waals surface area contributed by atoms with Crippen molar-refractivity contribution in [3.8, 4) is 5.75 Å². The quantitative estimate of drug-likeness (QED) is 0.0331. The van der Waals surface area contributed by atoms with Gasteiger partial charge in [0.2, 0.25) is 0 Å². The first-order chi connectivity index (χ1) is 29.7. The maximum atomic E-state index is 13.6. The van der Waals surface area contributed by atoms with Crippen LogP contribution in [0.25, 0.3) is 0 Å². The van der Waals surface area contributed by atoms with Gasteiger partial charge >= 0.3 is 12.1 Å². The van der Waals surface area contributed by atoms with E-state index >= 15 is 0 Å². The van der Waals surface area contributed by atoms with Gasteiger partial charge in [0, 0.05) is 61.9 Å². The molecule has 0 aliphatic carbocycles. The molecule has 1 atom stereocenters. The number of aromatic nitrogens is 1. The Balaban J connectivity index is 1.23. The molecule has 1 aliphatic heterocycles. The number of nitrogens with zero attached hydrogens (tertiary/aromatic N) is 3. The summed E-state index contributed by atoms with van der Waals surface area (Å²) in [6.45, 7) is 11.7. The number of nitrogens with two attached hydrogens (primary N) is 1. The van der Waals surface area contributed by atoms with E-state index in [1.54, 1.807) is 47.6 Å². The largest absolute Gasteiger partial charge is 0.494 e. The van der Waals surface area contributed by atoms with Gasteiger partial charge in [0.1, 0.15) is 17.2 Å². The third-order valence-electron chi connectivity index (χ3n) is 10.0. The van der Waals surface area contributed by atoms with Crippen LogP contribution >= 0.6 is 0 Å². The lowest BCUT2D eigenvalue weighted by Crippen LogP contribution is -2.58. The SMILES string of the molecule is C[C@@H](NC(=O)c1cccc(NC2(C(N)=NC(=N)c3ccncc3)CCN(C(=O)OC(C)(C)C)CC2)c1)c1cccc(OCCCCCCOCCOCCOCCCC(=O)O)c1. The number of likely N-dealkylation sites (tertiary alicyclic amines) is 1. The number of aliphatic imine (C=N–C) groups is 1. The molecule has 0 bridgehead atoms. The summed E-state index contributed by atoms with van der Waals surface area (Å²) < 4.78 is 28.1. The minimum absolute atomic E-state index is 0.0117. The molecular weight excluding hydrogens is 795 g/mol. The Kier molecular flexibility index (Phi) is 20.1. The molecule has 16 nitrogen and oxygen atoms in total. The minimum Gasteiger partial charge on any atom is -0.494 e. The summed E-state index contributed by atoms with van der Waals surface area (Å²) in [5.74, 6) is -0.144. The zero-order valence-corrected chi connectivity index (χ0v) is 36.7. The number of piperidine rings is 1. The number of carboxylic acids is 1. The Labute approximate surface area is 365 Å². The number of ether oxygens (including phenoxy) is 5. The fourth-order valence-corrected chi connectivity index (χ4v) is 6.61. The number of hydrogen-bond acceptors (Lipinski definition) is 11. The van der Waals surface area contributed by atoms with Gasteiger partial charge in [-0.2, -0.15) is 0 Å². The van der Waals surface area contributed by atoms with Crippen LogP contribution in [0.2, 0.25) is 0 Å². The van der Waals surface area contributed by atoms with Crippen LogP contribution in [0.4, 0.5) is 10.5 Å². The number of anilines is 1. The minimum atomic E-state index is -0.920. The van der Waals surface area contributed by atoms with E-state index in [2.05, 4.69) is 20.6 Å². The Morgan fingerprint density at radius 1 is 0.855 bits per heavy atom.